The third-order valence-electron chi connectivity index (χ3n) is 1.07. The second kappa shape index (κ2) is 4.56. The van der Waals surface area contributed by atoms with Crippen LogP contribution in [-0.2, 0) is 0 Å². The Balaban J connectivity index is 4.86. The maximum atomic E-state index is 10.2. The van der Waals surface area contributed by atoms with Gasteiger partial charge in [0.05, 0.1) is 9.96 Å². The quantitative estimate of drug-likeness (QED) is 0.417. The van der Waals surface area contributed by atoms with Crippen molar-refractivity contribution in [1.82, 2.24) is 0 Å². The number of hydrogen-bond acceptors (Lipinski definition) is 3. The van der Waals surface area contributed by atoms with E-state index in [2.05, 4.69) is 6.58 Å². The molecule has 12 heavy (non-hydrogen) atoms. The molecule has 0 unspecified atom stereocenters. The Kier molecular flexibility index (Phi) is 4.07. The predicted octanol–water partition coefficient (Wildman–Crippen LogP) is 1.76. The van der Waals surface area contributed by atoms with E-state index in [1.165, 1.54) is 0 Å². The second-order valence-electron chi connectivity index (χ2n) is 2.06. The molecule has 0 fully saturated rings. The van der Waals surface area contributed by atoms with Crippen molar-refractivity contribution in [2.24, 2.45) is 5.73 Å². The minimum Gasteiger partial charge on any atom is -0.401 e. The Bertz CT molecular complexity index is 265. The first-order valence-electron chi connectivity index (χ1n) is 3.09. The smallest absolute Gasteiger partial charge is 0.270 e. The molecule has 0 aliphatic heterocycles. The molecule has 0 atom stereocenters. The van der Waals surface area contributed by atoms with Crippen LogP contribution < -0.4 is 5.73 Å². The monoisotopic (exact) mass is 188 g/mol. The summed E-state index contributed by atoms with van der Waals surface area (Å²) in [5, 5.41) is 10.4. The summed E-state index contributed by atoms with van der Waals surface area (Å²) in [4.78, 5) is 9.65. The first-order valence-corrected chi connectivity index (χ1v) is 3.47. The van der Waals surface area contributed by atoms with Crippen molar-refractivity contribution in [2.75, 3.05) is 0 Å². The van der Waals surface area contributed by atoms with Crippen LogP contribution in [0.2, 0.25) is 0 Å². The number of nitro groups is 1. The van der Waals surface area contributed by atoms with Crippen LogP contribution in [-0.4, -0.2) is 4.92 Å². The van der Waals surface area contributed by atoms with Gasteiger partial charge >= 0.3 is 0 Å². The molecule has 0 aromatic carbocycles. The van der Waals surface area contributed by atoms with Crippen molar-refractivity contribution in [3.05, 3.63) is 45.3 Å². The zero-order chi connectivity index (χ0) is 9.72. The van der Waals surface area contributed by atoms with E-state index in [0.717, 1.165) is 12.2 Å². The zero-order valence-electron chi connectivity index (χ0n) is 6.58. The van der Waals surface area contributed by atoms with E-state index >= 15 is 0 Å². The molecule has 0 aromatic rings. The standard InChI is InChI=1S/C7H9ClN2O2/c1-3-6(10(11)12)4-7(8)5(2)9/h3-4H,1,9H2,2H3/b6-4+,7-5-. The molecule has 0 aromatic heterocycles. The average molecular weight is 189 g/mol. The van der Waals surface area contributed by atoms with Crippen LogP contribution in [0.3, 0.4) is 0 Å². The predicted molar refractivity (Wildman–Crippen MR) is 48.0 cm³/mol. The van der Waals surface area contributed by atoms with Crippen LogP contribution in [0.5, 0.6) is 0 Å². The van der Waals surface area contributed by atoms with Crippen molar-refractivity contribution in [3.63, 3.8) is 0 Å². The second-order valence-corrected chi connectivity index (χ2v) is 2.47. The largest absolute Gasteiger partial charge is 0.401 e. The Morgan fingerprint density at radius 1 is 1.75 bits per heavy atom. The summed E-state index contributed by atoms with van der Waals surface area (Å²) in [6.07, 6.45) is 2.26. The normalized spacial score (nSPS) is 13.7. The van der Waals surface area contributed by atoms with Crippen LogP contribution >= 0.6 is 11.6 Å². The molecule has 0 saturated carbocycles. The summed E-state index contributed by atoms with van der Waals surface area (Å²) in [6, 6.07) is 0. The number of allylic oxidation sites excluding steroid dienone is 4. The zero-order valence-corrected chi connectivity index (χ0v) is 7.34. The molecule has 0 aliphatic carbocycles. The average Bonchev–Trinajstić information content (AvgIpc) is 1.98. The van der Waals surface area contributed by atoms with E-state index in [4.69, 9.17) is 17.3 Å². The maximum absolute atomic E-state index is 10.2. The number of hydrogen-bond donors (Lipinski definition) is 1. The molecule has 0 bridgehead atoms. The molecular weight excluding hydrogens is 180 g/mol. The molecule has 0 aliphatic rings. The first-order chi connectivity index (χ1) is 5.49. The van der Waals surface area contributed by atoms with Gasteiger partial charge in [-0.25, -0.2) is 0 Å². The Morgan fingerprint density at radius 2 is 2.25 bits per heavy atom. The molecule has 0 radical (unpaired) electrons. The van der Waals surface area contributed by atoms with Gasteiger partial charge in [0.25, 0.3) is 5.70 Å². The van der Waals surface area contributed by atoms with Gasteiger partial charge < -0.3 is 5.73 Å². The molecule has 5 heteroatoms. The van der Waals surface area contributed by atoms with Gasteiger partial charge in [0.15, 0.2) is 0 Å². The summed E-state index contributed by atoms with van der Waals surface area (Å²) in [6.45, 7) is 4.82. The molecule has 0 saturated heterocycles. The van der Waals surface area contributed by atoms with E-state index in [1.807, 2.05) is 0 Å². The van der Waals surface area contributed by atoms with Gasteiger partial charge in [0.1, 0.15) is 0 Å². The van der Waals surface area contributed by atoms with Gasteiger partial charge in [-0.3, -0.25) is 10.1 Å². The van der Waals surface area contributed by atoms with Gasteiger partial charge in [-0.1, -0.05) is 18.2 Å². The number of halogens is 1. The van der Waals surface area contributed by atoms with Crippen LogP contribution in [0.4, 0.5) is 0 Å². The molecule has 66 valence electrons. The molecule has 4 nitrogen and oxygen atoms in total. The minimum absolute atomic E-state index is 0.154. The Labute approximate surface area is 75.2 Å². The number of nitrogens with zero attached hydrogens (tertiary/aromatic N) is 1. The fraction of sp³-hybridized carbons (Fsp3) is 0.143. The summed E-state index contributed by atoms with van der Waals surface area (Å²) in [7, 11) is 0. The van der Waals surface area contributed by atoms with Crippen LogP contribution in [0, 0.1) is 10.1 Å². The summed E-state index contributed by atoms with van der Waals surface area (Å²) in [5.41, 5.74) is 5.44. The van der Waals surface area contributed by atoms with E-state index in [1.54, 1.807) is 6.92 Å². The maximum Gasteiger partial charge on any atom is 0.270 e. The highest BCUT2D eigenvalue weighted by Crippen LogP contribution is 2.10. The summed E-state index contributed by atoms with van der Waals surface area (Å²) >= 11 is 5.56. The lowest BCUT2D eigenvalue weighted by molar-refractivity contribution is -0.418. The van der Waals surface area contributed by atoms with Gasteiger partial charge in [0, 0.05) is 17.8 Å². The fourth-order valence-electron chi connectivity index (χ4n) is 0.430. The SMILES string of the molecule is C=C/C(=C\C(Cl)=C(/C)N)[N+](=O)[O-]. The number of rotatable bonds is 3. The van der Waals surface area contributed by atoms with E-state index in [-0.39, 0.29) is 10.7 Å². The van der Waals surface area contributed by atoms with Crippen LogP contribution in [0.1, 0.15) is 6.92 Å². The van der Waals surface area contributed by atoms with Crippen molar-refractivity contribution in [3.8, 4) is 0 Å². The highest BCUT2D eigenvalue weighted by Gasteiger charge is 2.05. The number of nitrogens with two attached hydrogens (primary N) is 1. The van der Waals surface area contributed by atoms with Crippen molar-refractivity contribution in [2.45, 2.75) is 6.92 Å². The Morgan fingerprint density at radius 3 is 2.50 bits per heavy atom. The van der Waals surface area contributed by atoms with Crippen LogP contribution in [0.25, 0.3) is 0 Å². The van der Waals surface area contributed by atoms with E-state index in [0.29, 0.717) is 5.70 Å². The third-order valence-corrected chi connectivity index (χ3v) is 1.48. The first kappa shape index (κ1) is 10.7. The summed E-state index contributed by atoms with van der Waals surface area (Å²) < 4.78 is 0. The molecular formula is C7H9ClN2O2. The van der Waals surface area contributed by atoms with Crippen molar-refractivity contribution >= 4 is 11.6 Å². The van der Waals surface area contributed by atoms with Gasteiger partial charge in [-0.2, -0.15) is 0 Å². The van der Waals surface area contributed by atoms with Crippen molar-refractivity contribution < 1.29 is 4.92 Å². The molecule has 0 heterocycles. The fourth-order valence-corrected chi connectivity index (χ4v) is 0.542. The molecule has 0 rings (SSSR count). The lowest BCUT2D eigenvalue weighted by Crippen LogP contribution is -1.97. The lowest BCUT2D eigenvalue weighted by Gasteiger charge is -1.93. The van der Waals surface area contributed by atoms with Gasteiger partial charge in [-0.05, 0) is 6.92 Å². The van der Waals surface area contributed by atoms with E-state index < -0.39 is 4.92 Å². The highest BCUT2D eigenvalue weighted by molar-refractivity contribution is 6.31. The van der Waals surface area contributed by atoms with Gasteiger partial charge in [-0.15, -0.1) is 0 Å². The topological polar surface area (TPSA) is 69.2 Å². The highest BCUT2D eigenvalue weighted by atomic mass is 35.5. The van der Waals surface area contributed by atoms with Crippen LogP contribution in [0.15, 0.2) is 35.2 Å². The molecule has 2 N–H and O–H groups in total. The van der Waals surface area contributed by atoms with E-state index in [9.17, 15) is 10.1 Å². The van der Waals surface area contributed by atoms with Gasteiger partial charge in [0.2, 0.25) is 0 Å². The lowest BCUT2D eigenvalue weighted by atomic mass is 10.3. The third kappa shape index (κ3) is 3.21. The van der Waals surface area contributed by atoms with Crippen molar-refractivity contribution in [1.29, 1.82) is 0 Å². The molecule has 0 spiro atoms. The Hall–Kier alpha value is -1.29. The minimum atomic E-state index is -0.585. The summed E-state index contributed by atoms with van der Waals surface area (Å²) in [5.74, 6) is 0. The molecule has 0 amide bonds.